The lowest BCUT2D eigenvalue weighted by atomic mass is 9.97. The molecule has 3 aromatic rings. The Balaban J connectivity index is 1.70. The molecule has 2 atom stereocenters. The zero-order chi connectivity index (χ0) is 23.2. The summed E-state index contributed by atoms with van der Waals surface area (Å²) in [6, 6.07) is 8.09. The minimum Gasteiger partial charge on any atom is -0.362 e. The van der Waals surface area contributed by atoms with E-state index in [1.165, 1.54) is 18.2 Å². The van der Waals surface area contributed by atoms with Gasteiger partial charge in [-0.1, -0.05) is 58.5 Å². The van der Waals surface area contributed by atoms with Crippen LogP contribution in [0.1, 0.15) is 34.6 Å². The number of fused-ring (bicyclic) bond motifs is 1. The van der Waals surface area contributed by atoms with Crippen LogP contribution >= 0.6 is 46.4 Å². The third-order valence-corrected chi connectivity index (χ3v) is 6.12. The van der Waals surface area contributed by atoms with Crippen molar-refractivity contribution in [2.24, 2.45) is 0 Å². The van der Waals surface area contributed by atoms with E-state index in [1.54, 1.807) is 24.3 Å². The molecule has 4 rings (SSSR count). The first-order valence-electron chi connectivity index (χ1n) is 9.17. The van der Waals surface area contributed by atoms with Gasteiger partial charge in [0.15, 0.2) is 11.7 Å². The van der Waals surface area contributed by atoms with Gasteiger partial charge in [-0.15, -0.1) is 0 Å². The minimum atomic E-state index is -4.62. The summed E-state index contributed by atoms with van der Waals surface area (Å²) < 4.78 is 42.3. The summed E-state index contributed by atoms with van der Waals surface area (Å²) in [5.74, 6) is -0.917. The molecule has 0 bridgehead atoms. The van der Waals surface area contributed by atoms with Crippen molar-refractivity contribution in [3.05, 3.63) is 73.8 Å². The molecular weight excluding hydrogens is 511 g/mol. The molecule has 5 nitrogen and oxygen atoms in total. The Labute approximate surface area is 200 Å². The molecule has 0 unspecified atom stereocenters. The Morgan fingerprint density at radius 3 is 2.34 bits per heavy atom. The summed E-state index contributed by atoms with van der Waals surface area (Å²) in [5.41, 5.74) is 0.430. The molecule has 0 radical (unpaired) electrons. The summed E-state index contributed by atoms with van der Waals surface area (Å²) >= 11 is 24.1. The zero-order valence-electron chi connectivity index (χ0n) is 15.9. The molecule has 2 aromatic carbocycles. The van der Waals surface area contributed by atoms with Crippen LogP contribution in [0.5, 0.6) is 0 Å². The van der Waals surface area contributed by atoms with Crippen LogP contribution in [0.15, 0.2) is 42.5 Å². The number of hydrogen-bond donors (Lipinski definition) is 2. The lowest BCUT2D eigenvalue weighted by Gasteiger charge is -2.33. The van der Waals surface area contributed by atoms with Crippen LogP contribution in [0.25, 0.3) is 0 Å². The lowest BCUT2D eigenvalue weighted by molar-refractivity contribution is -0.173. The van der Waals surface area contributed by atoms with Gasteiger partial charge in [-0.25, -0.2) is 4.68 Å². The number of nitrogens with one attached hydrogen (secondary N) is 2. The van der Waals surface area contributed by atoms with E-state index in [2.05, 4.69) is 15.7 Å². The average Bonchev–Trinajstić information content (AvgIpc) is 3.06. The molecule has 1 aliphatic rings. The van der Waals surface area contributed by atoms with Crippen molar-refractivity contribution in [2.45, 2.75) is 24.7 Å². The summed E-state index contributed by atoms with van der Waals surface area (Å²) in [6.07, 6.45) is -4.97. The van der Waals surface area contributed by atoms with E-state index in [9.17, 15) is 18.0 Å². The number of nitrogens with zero attached hydrogens (tertiary/aromatic N) is 2. The molecule has 168 valence electrons. The molecule has 0 saturated heterocycles. The first kappa shape index (κ1) is 23.0. The van der Waals surface area contributed by atoms with Crippen LogP contribution in [0.2, 0.25) is 20.1 Å². The number of amides is 1. The molecule has 0 aliphatic carbocycles. The normalized spacial score (nSPS) is 18.1. The maximum Gasteiger partial charge on any atom is 0.410 e. The quantitative estimate of drug-likeness (QED) is 0.375. The number of aromatic nitrogens is 2. The molecule has 0 fully saturated rings. The molecule has 12 heteroatoms. The molecule has 0 saturated carbocycles. The van der Waals surface area contributed by atoms with Crippen LogP contribution in [0, 0.1) is 0 Å². The third kappa shape index (κ3) is 4.50. The van der Waals surface area contributed by atoms with E-state index in [4.69, 9.17) is 46.4 Å². The van der Waals surface area contributed by atoms with Crippen molar-refractivity contribution < 1.29 is 18.0 Å². The van der Waals surface area contributed by atoms with Crippen LogP contribution in [0.4, 0.5) is 24.7 Å². The van der Waals surface area contributed by atoms with Crippen molar-refractivity contribution in [1.82, 2.24) is 9.78 Å². The first-order valence-corrected chi connectivity index (χ1v) is 10.7. The summed E-state index contributed by atoms with van der Waals surface area (Å²) in [4.78, 5) is 12.7. The number of carbonyl (C=O) groups is 1. The second kappa shape index (κ2) is 8.67. The lowest BCUT2D eigenvalue weighted by Crippen LogP contribution is -2.35. The van der Waals surface area contributed by atoms with Crippen molar-refractivity contribution in [2.75, 3.05) is 10.6 Å². The Kier molecular flexibility index (Phi) is 6.24. The predicted molar refractivity (Wildman–Crippen MR) is 119 cm³/mol. The summed E-state index contributed by atoms with van der Waals surface area (Å²) in [5, 5.41) is 10.1. The average molecular weight is 524 g/mol. The molecule has 32 heavy (non-hydrogen) atoms. The highest BCUT2D eigenvalue weighted by molar-refractivity contribution is 6.38. The van der Waals surface area contributed by atoms with Gasteiger partial charge in [0.25, 0.3) is 5.91 Å². The van der Waals surface area contributed by atoms with Crippen LogP contribution in [0.3, 0.4) is 0 Å². The molecule has 2 heterocycles. The fraction of sp³-hybridized carbons (Fsp3) is 0.200. The second-order valence-electron chi connectivity index (χ2n) is 7.08. The summed E-state index contributed by atoms with van der Waals surface area (Å²) in [6.45, 7) is 0. The first-order chi connectivity index (χ1) is 15.0. The maximum atomic E-state index is 13.9. The Morgan fingerprint density at radius 2 is 1.72 bits per heavy atom. The van der Waals surface area contributed by atoms with E-state index < -0.39 is 24.2 Å². The minimum absolute atomic E-state index is 0.104. The number of alkyl halides is 3. The largest absolute Gasteiger partial charge is 0.410 e. The van der Waals surface area contributed by atoms with Gasteiger partial charge in [0.05, 0.1) is 16.8 Å². The van der Waals surface area contributed by atoms with Gasteiger partial charge in [-0.05, 0) is 35.9 Å². The summed E-state index contributed by atoms with van der Waals surface area (Å²) in [7, 11) is 0. The van der Waals surface area contributed by atoms with E-state index >= 15 is 0 Å². The maximum absolute atomic E-state index is 13.9. The van der Waals surface area contributed by atoms with Gasteiger partial charge in [-0.2, -0.15) is 18.3 Å². The van der Waals surface area contributed by atoms with Crippen molar-refractivity contribution in [3.8, 4) is 0 Å². The Bertz CT molecular complexity index is 1180. The van der Waals surface area contributed by atoms with Gasteiger partial charge in [0.2, 0.25) is 0 Å². The van der Waals surface area contributed by atoms with Crippen molar-refractivity contribution >= 4 is 63.8 Å². The number of benzene rings is 2. The SMILES string of the molecule is O=C(Nc1ccc(Cl)cc1Cl)c1nn2c(c1Cl)N[C@H](c1ccc(Cl)cc1)C[C@@H]2C(F)(F)F. The van der Waals surface area contributed by atoms with E-state index in [0.29, 0.717) is 20.3 Å². The smallest absolute Gasteiger partial charge is 0.362 e. The van der Waals surface area contributed by atoms with Crippen molar-refractivity contribution in [1.29, 1.82) is 0 Å². The number of anilines is 2. The number of rotatable bonds is 3. The Morgan fingerprint density at radius 1 is 1.06 bits per heavy atom. The number of hydrogen-bond acceptors (Lipinski definition) is 3. The molecule has 1 aliphatic heterocycles. The number of carbonyl (C=O) groups excluding carboxylic acids is 1. The predicted octanol–water partition coefficient (Wildman–Crippen LogP) is 7.41. The van der Waals surface area contributed by atoms with Gasteiger partial charge in [-0.3, -0.25) is 4.79 Å². The van der Waals surface area contributed by atoms with Crippen molar-refractivity contribution in [3.63, 3.8) is 0 Å². The fourth-order valence-corrected chi connectivity index (χ4v) is 4.27. The van der Waals surface area contributed by atoms with Crippen LogP contribution < -0.4 is 10.6 Å². The van der Waals surface area contributed by atoms with Gasteiger partial charge >= 0.3 is 6.18 Å². The van der Waals surface area contributed by atoms with Gasteiger partial charge < -0.3 is 10.6 Å². The zero-order valence-corrected chi connectivity index (χ0v) is 18.9. The van der Waals surface area contributed by atoms with E-state index in [1.807, 2.05) is 0 Å². The highest BCUT2D eigenvalue weighted by Gasteiger charge is 2.47. The second-order valence-corrected chi connectivity index (χ2v) is 8.73. The topological polar surface area (TPSA) is 59.0 Å². The molecule has 1 aromatic heterocycles. The Hall–Kier alpha value is -2.13. The standard InChI is InChI=1S/C20H13Cl4F3N4O/c21-10-3-1-9(2-4-10)14-8-15(20(25,26)27)31-18(28-14)16(24)17(30-31)19(32)29-13-6-5-11(22)7-12(13)23/h1-7,14-15,28H,8H2,(H,29,32)/t14-,15+/m0/s1. The molecule has 1 amide bonds. The third-order valence-electron chi connectivity index (χ3n) is 4.96. The molecular formula is C20H13Cl4F3N4O. The van der Waals surface area contributed by atoms with Gasteiger partial charge in [0.1, 0.15) is 10.8 Å². The van der Waals surface area contributed by atoms with Crippen LogP contribution in [-0.4, -0.2) is 21.9 Å². The number of halogens is 7. The van der Waals surface area contributed by atoms with Gasteiger partial charge in [0, 0.05) is 16.5 Å². The van der Waals surface area contributed by atoms with Crippen LogP contribution in [-0.2, 0) is 0 Å². The fourth-order valence-electron chi connectivity index (χ4n) is 3.42. The monoisotopic (exact) mass is 522 g/mol. The molecule has 0 spiro atoms. The van der Waals surface area contributed by atoms with E-state index in [-0.39, 0.29) is 33.7 Å². The highest BCUT2D eigenvalue weighted by Crippen LogP contribution is 2.46. The highest BCUT2D eigenvalue weighted by atomic mass is 35.5. The molecule has 2 N–H and O–H groups in total. The van der Waals surface area contributed by atoms with E-state index in [0.717, 1.165) is 0 Å².